The van der Waals surface area contributed by atoms with Gasteiger partial charge in [-0.05, 0) is 56.6 Å². The lowest BCUT2D eigenvalue weighted by Gasteiger charge is -2.35. The molecule has 1 unspecified atom stereocenters. The quantitative estimate of drug-likeness (QED) is 0.486. The number of carbonyl (C=O) groups is 1. The zero-order valence-corrected chi connectivity index (χ0v) is 19.2. The summed E-state index contributed by atoms with van der Waals surface area (Å²) in [6, 6.07) is 8.64. The number of guanidine groups is 1. The molecule has 2 heterocycles. The standard InChI is InChI=1S/C22H35N5O3S/c1-2-24-22(26-12-6-7-19(17-26)15-21(23)28)25-16-18-10-13-27(14-11-18)31(29,30)20-8-4-3-5-9-20/h3-5,8-9,18-19H,2,6-7,10-17H2,1H3,(H2,23,28)(H,24,25). The summed E-state index contributed by atoms with van der Waals surface area (Å²) in [5.74, 6) is 1.28. The maximum atomic E-state index is 12.8. The summed E-state index contributed by atoms with van der Waals surface area (Å²) in [6.45, 7) is 6.28. The Morgan fingerprint density at radius 1 is 1.13 bits per heavy atom. The van der Waals surface area contributed by atoms with Gasteiger partial charge in [0.05, 0.1) is 4.90 Å². The first kappa shape index (κ1) is 23.5. The molecule has 0 bridgehead atoms. The first-order valence-corrected chi connectivity index (χ1v) is 12.7. The Hall–Kier alpha value is -2.13. The predicted octanol–water partition coefficient (Wildman–Crippen LogP) is 1.64. The van der Waals surface area contributed by atoms with Crippen LogP contribution in [0.5, 0.6) is 0 Å². The molecule has 2 aliphatic heterocycles. The van der Waals surface area contributed by atoms with Gasteiger partial charge in [0, 0.05) is 45.7 Å². The van der Waals surface area contributed by atoms with Crippen LogP contribution in [-0.2, 0) is 14.8 Å². The molecule has 2 fully saturated rings. The molecule has 1 atom stereocenters. The normalized spacial score (nSPS) is 21.8. The van der Waals surface area contributed by atoms with Crippen LogP contribution in [-0.4, -0.2) is 68.8 Å². The van der Waals surface area contributed by atoms with E-state index in [-0.39, 0.29) is 11.8 Å². The summed E-state index contributed by atoms with van der Waals surface area (Å²) in [4.78, 5) is 18.8. The van der Waals surface area contributed by atoms with Crippen molar-refractivity contribution in [2.75, 3.05) is 39.3 Å². The topological polar surface area (TPSA) is 108 Å². The molecule has 1 aromatic rings. The number of likely N-dealkylation sites (tertiary alicyclic amines) is 1. The lowest BCUT2D eigenvalue weighted by molar-refractivity contribution is -0.119. The van der Waals surface area contributed by atoms with Gasteiger partial charge in [0.25, 0.3) is 0 Å². The summed E-state index contributed by atoms with van der Waals surface area (Å²) in [7, 11) is -3.42. The van der Waals surface area contributed by atoms with Crippen LogP contribution in [0.1, 0.15) is 39.0 Å². The molecule has 31 heavy (non-hydrogen) atoms. The molecule has 2 aliphatic rings. The molecule has 9 heteroatoms. The van der Waals surface area contributed by atoms with Crippen molar-refractivity contribution in [3.05, 3.63) is 30.3 Å². The van der Waals surface area contributed by atoms with Crippen molar-refractivity contribution >= 4 is 21.9 Å². The zero-order valence-electron chi connectivity index (χ0n) is 18.4. The van der Waals surface area contributed by atoms with Crippen LogP contribution in [0.3, 0.4) is 0 Å². The fraction of sp³-hybridized carbons (Fsp3) is 0.636. The fourth-order valence-corrected chi connectivity index (χ4v) is 5.91. The number of rotatable bonds is 7. The van der Waals surface area contributed by atoms with E-state index in [1.54, 1.807) is 28.6 Å². The molecule has 0 radical (unpaired) electrons. The molecule has 0 spiro atoms. The third-order valence-corrected chi connectivity index (χ3v) is 8.01. The minimum absolute atomic E-state index is 0.244. The maximum Gasteiger partial charge on any atom is 0.243 e. The molecule has 3 rings (SSSR count). The highest BCUT2D eigenvalue weighted by Crippen LogP contribution is 2.24. The van der Waals surface area contributed by atoms with Gasteiger partial charge in [-0.2, -0.15) is 4.31 Å². The number of hydrogen-bond acceptors (Lipinski definition) is 4. The van der Waals surface area contributed by atoms with Gasteiger partial charge in [-0.15, -0.1) is 0 Å². The Morgan fingerprint density at radius 3 is 2.48 bits per heavy atom. The Bertz CT molecular complexity index is 851. The fourth-order valence-electron chi connectivity index (χ4n) is 4.42. The van der Waals surface area contributed by atoms with Crippen LogP contribution in [0.15, 0.2) is 40.2 Å². The molecule has 0 saturated carbocycles. The van der Waals surface area contributed by atoms with E-state index >= 15 is 0 Å². The van der Waals surface area contributed by atoms with Crippen molar-refractivity contribution in [1.29, 1.82) is 0 Å². The van der Waals surface area contributed by atoms with Gasteiger partial charge in [-0.3, -0.25) is 9.79 Å². The van der Waals surface area contributed by atoms with Gasteiger partial charge in [0.2, 0.25) is 15.9 Å². The number of nitrogens with zero attached hydrogens (tertiary/aromatic N) is 3. The molecular formula is C22H35N5O3S. The van der Waals surface area contributed by atoms with E-state index in [0.29, 0.717) is 36.9 Å². The van der Waals surface area contributed by atoms with E-state index in [2.05, 4.69) is 10.2 Å². The number of nitrogens with one attached hydrogen (secondary N) is 1. The third-order valence-electron chi connectivity index (χ3n) is 6.10. The summed E-state index contributed by atoms with van der Waals surface area (Å²) < 4.78 is 27.2. The van der Waals surface area contributed by atoms with E-state index in [4.69, 9.17) is 10.7 Å². The van der Waals surface area contributed by atoms with Crippen molar-refractivity contribution in [2.45, 2.75) is 43.9 Å². The van der Waals surface area contributed by atoms with Crippen LogP contribution < -0.4 is 11.1 Å². The predicted molar refractivity (Wildman–Crippen MR) is 122 cm³/mol. The SMILES string of the molecule is CCNC(=NCC1CCN(S(=O)(=O)c2ccccc2)CC1)N1CCCC(CC(N)=O)C1. The van der Waals surface area contributed by atoms with E-state index in [0.717, 1.165) is 51.3 Å². The monoisotopic (exact) mass is 449 g/mol. The Balaban J connectivity index is 1.56. The van der Waals surface area contributed by atoms with Crippen molar-refractivity contribution < 1.29 is 13.2 Å². The van der Waals surface area contributed by atoms with Gasteiger partial charge in [0.1, 0.15) is 0 Å². The van der Waals surface area contributed by atoms with Crippen molar-refractivity contribution in [2.24, 2.45) is 22.6 Å². The highest BCUT2D eigenvalue weighted by molar-refractivity contribution is 7.89. The number of amides is 1. The number of sulfonamides is 1. The van der Waals surface area contributed by atoms with Gasteiger partial charge in [0.15, 0.2) is 5.96 Å². The minimum Gasteiger partial charge on any atom is -0.370 e. The second-order valence-corrected chi connectivity index (χ2v) is 10.4. The van der Waals surface area contributed by atoms with Crippen LogP contribution in [0.25, 0.3) is 0 Å². The first-order chi connectivity index (χ1) is 14.9. The number of primary amides is 1. The van der Waals surface area contributed by atoms with E-state index in [9.17, 15) is 13.2 Å². The summed E-state index contributed by atoms with van der Waals surface area (Å²) in [5, 5.41) is 3.37. The van der Waals surface area contributed by atoms with Crippen LogP contribution in [0.4, 0.5) is 0 Å². The van der Waals surface area contributed by atoms with Gasteiger partial charge in [-0.1, -0.05) is 18.2 Å². The highest BCUT2D eigenvalue weighted by Gasteiger charge is 2.29. The Morgan fingerprint density at radius 2 is 1.84 bits per heavy atom. The van der Waals surface area contributed by atoms with Crippen LogP contribution in [0, 0.1) is 11.8 Å². The molecule has 2 saturated heterocycles. The van der Waals surface area contributed by atoms with E-state index in [1.165, 1.54) is 0 Å². The molecular weight excluding hydrogens is 414 g/mol. The van der Waals surface area contributed by atoms with Crippen LogP contribution in [0.2, 0.25) is 0 Å². The molecule has 1 amide bonds. The van der Waals surface area contributed by atoms with E-state index in [1.807, 2.05) is 13.0 Å². The molecule has 3 N–H and O–H groups in total. The summed E-state index contributed by atoms with van der Waals surface area (Å²) >= 11 is 0. The molecule has 8 nitrogen and oxygen atoms in total. The average molecular weight is 450 g/mol. The lowest BCUT2D eigenvalue weighted by atomic mass is 9.95. The smallest absolute Gasteiger partial charge is 0.243 e. The number of benzene rings is 1. The molecule has 172 valence electrons. The van der Waals surface area contributed by atoms with Gasteiger partial charge >= 0.3 is 0 Å². The van der Waals surface area contributed by atoms with Gasteiger partial charge < -0.3 is 16.0 Å². The van der Waals surface area contributed by atoms with Gasteiger partial charge in [-0.25, -0.2) is 8.42 Å². The molecule has 1 aromatic carbocycles. The Kier molecular flexibility index (Phi) is 8.31. The number of hydrogen-bond donors (Lipinski definition) is 2. The number of aliphatic imine (C=N–C) groups is 1. The average Bonchev–Trinajstić information content (AvgIpc) is 2.77. The van der Waals surface area contributed by atoms with Crippen molar-refractivity contribution in [1.82, 2.24) is 14.5 Å². The van der Waals surface area contributed by atoms with Crippen molar-refractivity contribution in [3.63, 3.8) is 0 Å². The lowest BCUT2D eigenvalue weighted by Crippen LogP contribution is -2.47. The summed E-state index contributed by atoms with van der Waals surface area (Å²) in [6.07, 6.45) is 4.08. The second kappa shape index (κ2) is 10.9. The number of piperidine rings is 2. The number of carbonyl (C=O) groups excluding carboxylic acids is 1. The Labute approximate surface area is 185 Å². The third kappa shape index (κ3) is 6.43. The molecule has 0 aliphatic carbocycles. The molecule has 0 aromatic heterocycles. The first-order valence-electron chi connectivity index (χ1n) is 11.3. The largest absolute Gasteiger partial charge is 0.370 e. The highest BCUT2D eigenvalue weighted by atomic mass is 32.2. The number of nitrogens with two attached hydrogens (primary N) is 1. The maximum absolute atomic E-state index is 12.8. The van der Waals surface area contributed by atoms with Crippen LogP contribution >= 0.6 is 0 Å². The van der Waals surface area contributed by atoms with E-state index < -0.39 is 10.0 Å². The second-order valence-electron chi connectivity index (χ2n) is 8.48. The summed E-state index contributed by atoms with van der Waals surface area (Å²) in [5.41, 5.74) is 5.39. The van der Waals surface area contributed by atoms with Crippen molar-refractivity contribution in [3.8, 4) is 0 Å². The minimum atomic E-state index is -3.42. The zero-order chi connectivity index (χ0) is 22.3.